The maximum Gasteiger partial charge on any atom is 0.336 e. The van der Waals surface area contributed by atoms with Gasteiger partial charge in [0.15, 0.2) is 0 Å². The van der Waals surface area contributed by atoms with E-state index in [-0.39, 0.29) is 16.5 Å². The highest BCUT2D eigenvalue weighted by Gasteiger charge is 2.52. The molecule has 0 bridgehead atoms. The number of hydrogen-bond donors (Lipinski definition) is 2. The van der Waals surface area contributed by atoms with Gasteiger partial charge in [0.05, 0.1) is 23.2 Å². The summed E-state index contributed by atoms with van der Waals surface area (Å²) < 4.78 is 15.3. The summed E-state index contributed by atoms with van der Waals surface area (Å²) in [5.74, 6) is -1.83. The highest BCUT2D eigenvalue weighted by Crippen LogP contribution is 2.51. The van der Waals surface area contributed by atoms with Crippen LogP contribution in [0.5, 0.6) is 0 Å². The molecule has 6 nitrogen and oxygen atoms in total. The minimum absolute atomic E-state index is 0.0839. The van der Waals surface area contributed by atoms with E-state index in [0.29, 0.717) is 35.7 Å². The fraction of sp³-hybridized carbons (Fsp3) is 0.292. The van der Waals surface area contributed by atoms with Crippen molar-refractivity contribution in [2.75, 3.05) is 5.32 Å². The van der Waals surface area contributed by atoms with Crippen molar-refractivity contribution in [3.8, 4) is 11.1 Å². The lowest BCUT2D eigenvalue weighted by Crippen LogP contribution is -2.28. The molecule has 2 saturated carbocycles. The molecule has 8 heteroatoms. The largest absolute Gasteiger partial charge is 0.478 e. The van der Waals surface area contributed by atoms with Gasteiger partial charge in [0.1, 0.15) is 5.82 Å². The Morgan fingerprint density at radius 2 is 1.97 bits per heavy atom. The van der Waals surface area contributed by atoms with Crippen molar-refractivity contribution >= 4 is 29.2 Å². The predicted molar refractivity (Wildman–Crippen MR) is 118 cm³/mol. The summed E-state index contributed by atoms with van der Waals surface area (Å²) in [5.41, 5.74) is 1.49. The van der Waals surface area contributed by atoms with Crippen LogP contribution in [0.1, 0.15) is 54.1 Å². The number of nitrogens with one attached hydrogen (secondary N) is 1. The van der Waals surface area contributed by atoms with Crippen LogP contribution in [0, 0.1) is 5.82 Å². The molecule has 0 atom stereocenters. The second-order valence-corrected chi connectivity index (χ2v) is 8.93. The van der Waals surface area contributed by atoms with E-state index in [0.717, 1.165) is 18.4 Å². The van der Waals surface area contributed by atoms with Crippen molar-refractivity contribution in [3.05, 3.63) is 70.8 Å². The SMILES string of the molecule is O=C(O)c1cc(NC(=O)C2(c3ccc(F)cc3Cl)CC2)ccc1-c1cnn(C2CCC2)c1. The number of halogens is 2. The number of amides is 1. The molecule has 0 spiro atoms. The third-order valence-electron chi connectivity index (χ3n) is 6.50. The summed E-state index contributed by atoms with van der Waals surface area (Å²) in [5, 5.41) is 17.2. The van der Waals surface area contributed by atoms with Gasteiger partial charge in [-0.2, -0.15) is 5.10 Å². The molecule has 2 aliphatic rings. The number of carbonyl (C=O) groups is 2. The first-order valence-corrected chi connectivity index (χ1v) is 10.9. The smallest absolute Gasteiger partial charge is 0.336 e. The molecule has 1 aromatic heterocycles. The fourth-order valence-electron chi connectivity index (χ4n) is 4.25. The van der Waals surface area contributed by atoms with Crippen LogP contribution in [0.4, 0.5) is 10.1 Å². The first-order chi connectivity index (χ1) is 15.4. The number of aromatic carboxylic acids is 1. The van der Waals surface area contributed by atoms with Gasteiger partial charge in [0.2, 0.25) is 5.91 Å². The normalized spacial score (nSPS) is 16.9. The summed E-state index contributed by atoms with van der Waals surface area (Å²) in [7, 11) is 0. The Kier molecular flexibility index (Phi) is 5.01. The molecule has 0 unspecified atom stereocenters. The molecular weight excluding hydrogens is 433 g/mol. The summed E-state index contributed by atoms with van der Waals surface area (Å²) in [6.45, 7) is 0. The molecule has 2 N–H and O–H groups in total. The third kappa shape index (κ3) is 3.56. The highest BCUT2D eigenvalue weighted by atomic mass is 35.5. The molecule has 5 rings (SSSR count). The number of hydrogen-bond acceptors (Lipinski definition) is 3. The van der Waals surface area contributed by atoms with E-state index in [1.165, 1.54) is 30.7 Å². The Labute approximate surface area is 189 Å². The maximum absolute atomic E-state index is 13.4. The van der Waals surface area contributed by atoms with Crippen LogP contribution < -0.4 is 5.32 Å². The summed E-state index contributed by atoms with van der Waals surface area (Å²) >= 11 is 6.19. The number of nitrogens with zero attached hydrogens (tertiary/aromatic N) is 2. The lowest BCUT2D eigenvalue weighted by Gasteiger charge is -2.25. The molecular formula is C24H21ClFN3O3. The molecule has 2 aliphatic carbocycles. The van der Waals surface area contributed by atoms with Gasteiger partial charge >= 0.3 is 5.97 Å². The van der Waals surface area contributed by atoms with E-state index in [1.54, 1.807) is 18.3 Å². The first kappa shape index (κ1) is 20.7. The van der Waals surface area contributed by atoms with Crippen molar-refractivity contribution in [2.24, 2.45) is 0 Å². The van der Waals surface area contributed by atoms with Crippen LogP contribution in [0.2, 0.25) is 5.02 Å². The lowest BCUT2D eigenvalue weighted by molar-refractivity contribution is -0.118. The predicted octanol–water partition coefficient (Wildman–Crippen LogP) is 5.44. The zero-order valence-electron chi connectivity index (χ0n) is 17.1. The number of carbonyl (C=O) groups excluding carboxylic acids is 1. The molecule has 2 aromatic carbocycles. The van der Waals surface area contributed by atoms with Gasteiger partial charge in [0, 0.05) is 22.5 Å². The topological polar surface area (TPSA) is 84.2 Å². The number of rotatable bonds is 6. The Bertz CT molecular complexity index is 1230. The Morgan fingerprint density at radius 1 is 1.19 bits per heavy atom. The van der Waals surface area contributed by atoms with Crippen molar-refractivity contribution in [1.82, 2.24) is 9.78 Å². The molecule has 32 heavy (non-hydrogen) atoms. The highest BCUT2D eigenvalue weighted by molar-refractivity contribution is 6.32. The standard InChI is InChI=1S/C24H21ClFN3O3/c25-21-10-15(26)4-7-20(21)24(8-9-24)23(32)28-16-5-6-18(19(11-16)22(30)31)14-12-27-29(13-14)17-2-1-3-17/h4-7,10-13,17H,1-3,8-9H2,(H,28,32)(H,30,31). The summed E-state index contributed by atoms with van der Waals surface area (Å²) in [6, 6.07) is 9.23. The Morgan fingerprint density at radius 3 is 2.59 bits per heavy atom. The van der Waals surface area contributed by atoms with Crippen LogP contribution in [-0.4, -0.2) is 26.8 Å². The molecule has 1 amide bonds. The monoisotopic (exact) mass is 453 g/mol. The minimum Gasteiger partial charge on any atom is -0.478 e. The van der Waals surface area contributed by atoms with Gasteiger partial charge in [-0.3, -0.25) is 9.48 Å². The van der Waals surface area contributed by atoms with Crippen LogP contribution in [0.3, 0.4) is 0 Å². The van der Waals surface area contributed by atoms with E-state index in [4.69, 9.17) is 11.6 Å². The third-order valence-corrected chi connectivity index (χ3v) is 6.81. The average molecular weight is 454 g/mol. The Balaban J connectivity index is 1.41. The van der Waals surface area contributed by atoms with Gasteiger partial charge in [-0.05, 0) is 67.5 Å². The van der Waals surface area contributed by atoms with Crippen molar-refractivity contribution in [2.45, 2.75) is 43.6 Å². The lowest BCUT2D eigenvalue weighted by atomic mass is 9.93. The van der Waals surface area contributed by atoms with Crippen molar-refractivity contribution in [1.29, 1.82) is 0 Å². The van der Waals surface area contributed by atoms with E-state index in [1.807, 2.05) is 10.9 Å². The molecule has 0 radical (unpaired) electrons. The molecule has 0 saturated heterocycles. The van der Waals surface area contributed by atoms with Gasteiger partial charge in [-0.1, -0.05) is 23.7 Å². The second kappa shape index (κ2) is 7.74. The van der Waals surface area contributed by atoms with E-state index < -0.39 is 17.2 Å². The van der Waals surface area contributed by atoms with E-state index >= 15 is 0 Å². The van der Waals surface area contributed by atoms with Crippen molar-refractivity contribution < 1.29 is 19.1 Å². The zero-order chi connectivity index (χ0) is 22.5. The van der Waals surface area contributed by atoms with Gasteiger partial charge in [-0.25, -0.2) is 9.18 Å². The molecule has 164 valence electrons. The average Bonchev–Trinajstić information content (AvgIpc) is 3.38. The summed E-state index contributed by atoms with van der Waals surface area (Å²) in [4.78, 5) is 25.0. The van der Waals surface area contributed by atoms with Crippen LogP contribution >= 0.6 is 11.6 Å². The first-order valence-electron chi connectivity index (χ1n) is 10.6. The number of carboxylic acids is 1. The maximum atomic E-state index is 13.4. The van der Waals surface area contributed by atoms with Gasteiger partial charge in [0.25, 0.3) is 0 Å². The number of benzene rings is 2. The van der Waals surface area contributed by atoms with Crippen LogP contribution in [-0.2, 0) is 10.2 Å². The molecule has 2 fully saturated rings. The summed E-state index contributed by atoms with van der Waals surface area (Å²) in [6.07, 6.45) is 8.07. The Hall–Kier alpha value is -3.19. The fourth-order valence-corrected chi connectivity index (χ4v) is 4.60. The number of carboxylic acid groups (broad SMARTS) is 1. The molecule has 1 heterocycles. The van der Waals surface area contributed by atoms with Crippen LogP contribution in [0.15, 0.2) is 48.8 Å². The molecule has 3 aromatic rings. The number of aromatic nitrogens is 2. The van der Waals surface area contributed by atoms with Crippen molar-refractivity contribution in [3.63, 3.8) is 0 Å². The second-order valence-electron chi connectivity index (χ2n) is 8.52. The van der Waals surface area contributed by atoms with E-state index in [2.05, 4.69) is 10.4 Å². The van der Waals surface area contributed by atoms with Gasteiger partial charge in [-0.15, -0.1) is 0 Å². The minimum atomic E-state index is -1.09. The van der Waals surface area contributed by atoms with E-state index in [9.17, 15) is 19.1 Å². The quantitative estimate of drug-likeness (QED) is 0.520. The van der Waals surface area contributed by atoms with Crippen LogP contribution in [0.25, 0.3) is 11.1 Å². The van der Waals surface area contributed by atoms with Gasteiger partial charge < -0.3 is 10.4 Å². The zero-order valence-corrected chi connectivity index (χ0v) is 17.9. The molecule has 0 aliphatic heterocycles. The number of anilines is 1.